The maximum Gasteiger partial charge on any atom is 0.220 e. The van der Waals surface area contributed by atoms with E-state index in [9.17, 15) is 9.18 Å². The van der Waals surface area contributed by atoms with E-state index in [1.54, 1.807) is 12.1 Å². The van der Waals surface area contributed by atoms with E-state index in [1.165, 1.54) is 12.1 Å². The fourth-order valence-electron chi connectivity index (χ4n) is 3.31. The second-order valence-corrected chi connectivity index (χ2v) is 6.86. The van der Waals surface area contributed by atoms with E-state index < -0.39 is 0 Å². The summed E-state index contributed by atoms with van der Waals surface area (Å²) in [6.45, 7) is 8.66. The summed E-state index contributed by atoms with van der Waals surface area (Å²) >= 11 is 0. The van der Waals surface area contributed by atoms with Crippen LogP contribution in [-0.4, -0.2) is 29.9 Å². The van der Waals surface area contributed by atoms with Gasteiger partial charge >= 0.3 is 0 Å². The fourth-order valence-corrected chi connectivity index (χ4v) is 3.31. The Kier molecular flexibility index (Phi) is 6.58. The molecule has 4 heteroatoms. The summed E-state index contributed by atoms with van der Waals surface area (Å²) in [6, 6.07) is 6.97. The summed E-state index contributed by atoms with van der Waals surface area (Å²) in [4.78, 5) is 14.8. The highest BCUT2D eigenvalue weighted by molar-refractivity contribution is 5.76. The third kappa shape index (κ3) is 5.31. The van der Waals surface area contributed by atoms with Crippen molar-refractivity contribution in [2.45, 2.75) is 58.5 Å². The summed E-state index contributed by atoms with van der Waals surface area (Å²) < 4.78 is 13.0. The van der Waals surface area contributed by atoms with E-state index >= 15 is 0 Å². The van der Waals surface area contributed by atoms with Gasteiger partial charge in [-0.2, -0.15) is 0 Å². The number of carbonyl (C=O) groups excluding carboxylic acids is 1. The van der Waals surface area contributed by atoms with Crippen LogP contribution in [0.1, 0.15) is 58.1 Å². The molecular formula is C19H29FN2O. The molecule has 1 heterocycles. The van der Waals surface area contributed by atoms with E-state index in [-0.39, 0.29) is 17.8 Å². The maximum absolute atomic E-state index is 13.0. The lowest BCUT2D eigenvalue weighted by Gasteiger charge is -2.34. The minimum absolute atomic E-state index is 0.0288. The van der Waals surface area contributed by atoms with Crippen molar-refractivity contribution < 1.29 is 9.18 Å². The lowest BCUT2D eigenvalue weighted by Crippen LogP contribution is -2.40. The molecule has 1 aromatic carbocycles. The van der Waals surface area contributed by atoms with Gasteiger partial charge in [0.25, 0.3) is 0 Å². The number of hydrogen-bond donors (Lipinski definition) is 1. The Bertz CT molecular complexity index is 493. The van der Waals surface area contributed by atoms with Crippen LogP contribution < -0.4 is 5.32 Å². The van der Waals surface area contributed by atoms with Gasteiger partial charge in [0.15, 0.2) is 0 Å². The third-order valence-corrected chi connectivity index (χ3v) is 4.87. The molecule has 2 rings (SSSR count). The number of rotatable bonds is 6. The van der Waals surface area contributed by atoms with Crippen LogP contribution in [0, 0.1) is 11.7 Å². The highest BCUT2D eigenvalue weighted by atomic mass is 19.1. The van der Waals surface area contributed by atoms with Crippen molar-refractivity contribution in [2.75, 3.05) is 13.1 Å². The monoisotopic (exact) mass is 320 g/mol. The minimum Gasteiger partial charge on any atom is -0.349 e. The first-order valence-electron chi connectivity index (χ1n) is 8.78. The Balaban J connectivity index is 1.82. The molecule has 0 radical (unpaired) electrons. The lowest BCUT2D eigenvalue weighted by atomic mass is 9.92. The number of piperidine rings is 1. The first-order valence-corrected chi connectivity index (χ1v) is 8.78. The summed E-state index contributed by atoms with van der Waals surface area (Å²) in [5.74, 6) is 0.353. The van der Waals surface area contributed by atoms with Crippen molar-refractivity contribution in [3.05, 3.63) is 35.6 Å². The maximum atomic E-state index is 13.0. The standard InChI is InChI=1S/C19H29FN2O/c1-4-18(16-5-7-17(20)8-6-16)21-19(23)13-15-9-11-22(12-10-15)14(2)3/h5-8,14-15,18H,4,9-13H2,1-3H3,(H,21,23)/t18-/m1/s1. The van der Waals surface area contributed by atoms with Crippen LogP contribution in [0.5, 0.6) is 0 Å². The van der Waals surface area contributed by atoms with Crippen LogP contribution in [0.2, 0.25) is 0 Å². The van der Waals surface area contributed by atoms with Gasteiger partial charge in [0.1, 0.15) is 5.82 Å². The molecule has 1 fully saturated rings. The highest BCUT2D eigenvalue weighted by Crippen LogP contribution is 2.23. The van der Waals surface area contributed by atoms with Crippen LogP contribution in [0.4, 0.5) is 4.39 Å². The molecule has 1 aliphatic heterocycles. The van der Waals surface area contributed by atoms with Gasteiger partial charge in [0, 0.05) is 12.5 Å². The summed E-state index contributed by atoms with van der Waals surface area (Å²) in [5.41, 5.74) is 0.969. The molecule has 0 aromatic heterocycles. The molecule has 1 saturated heterocycles. The first-order chi connectivity index (χ1) is 11.0. The molecule has 0 unspecified atom stereocenters. The summed E-state index contributed by atoms with van der Waals surface area (Å²) in [5, 5.41) is 3.11. The van der Waals surface area contributed by atoms with Gasteiger partial charge in [0.05, 0.1) is 6.04 Å². The van der Waals surface area contributed by atoms with Gasteiger partial charge in [-0.15, -0.1) is 0 Å². The number of hydrogen-bond acceptors (Lipinski definition) is 2. The molecule has 1 N–H and O–H groups in total. The smallest absolute Gasteiger partial charge is 0.220 e. The van der Waals surface area contributed by atoms with Crippen LogP contribution >= 0.6 is 0 Å². The zero-order valence-corrected chi connectivity index (χ0v) is 14.5. The van der Waals surface area contributed by atoms with Crippen LogP contribution in [0.15, 0.2) is 24.3 Å². The summed E-state index contributed by atoms with van der Waals surface area (Å²) in [7, 11) is 0. The molecular weight excluding hydrogens is 291 g/mol. The number of amides is 1. The molecule has 1 amide bonds. The molecule has 0 spiro atoms. The Morgan fingerprint density at radius 2 is 1.87 bits per heavy atom. The molecule has 128 valence electrons. The minimum atomic E-state index is -0.244. The molecule has 1 atom stereocenters. The van der Waals surface area contributed by atoms with Crippen LogP contribution in [-0.2, 0) is 4.79 Å². The van der Waals surface area contributed by atoms with Gasteiger partial charge in [-0.05, 0) is 69.8 Å². The van der Waals surface area contributed by atoms with Gasteiger partial charge in [0.2, 0.25) is 5.91 Å². The van der Waals surface area contributed by atoms with Crippen molar-refractivity contribution in [1.82, 2.24) is 10.2 Å². The first kappa shape index (κ1) is 17.9. The Hall–Kier alpha value is -1.42. The van der Waals surface area contributed by atoms with Gasteiger partial charge in [-0.25, -0.2) is 4.39 Å². The van der Waals surface area contributed by atoms with E-state index in [4.69, 9.17) is 0 Å². The van der Waals surface area contributed by atoms with Crippen molar-refractivity contribution in [3.63, 3.8) is 0 Å². The van der Waals surface area contributed by atoms with E-state index in [0.29, 0.717) is 18.4 Å². The van der Waals surface area contributed by atoms with E-state index in [0.717, 1.165) is 37.9 Å². The zero-order chi connectivity index (χ0) is 16.8. The number of halogens is 1. The SMILES string of the molecule is CC[C@@H](NC(=O)CC1CCN(C(C)C)CC1)c1ccc(F)cc1. The normalized spacial score (nSPS) is 18.1. The number of nitrogens with zero attached hydrogens (tertiary/aromatic N) is 1. The van der Waals surface area contributed by atoms with Crippen LogP contribution in [0.25, 0.3) is 0 Å². The van der Waals surface area contributed by atoms with E-state index in [2.05, 4.69) is 24.1 Å². The topological polar surface area (TPSA) is 32.3 Å². The lowest BCUT2D eigenvalue weighted by molar-refractivity contribution is -0.123. The Morgan fingerprint density at radius 1 is 1.26 bits per heavy atom. The highest BCUT2D eigenvalue weighted by Gasteiger charge is 2.23. The van der Waals surface area contributed by atoms with Crippen molar-refractivity contribution in [2.24, 2.45) is 5.92 Å². The van der Waals surface area contributed by atoms with Crippen molar-refractivity contribution in [1.29, 1.82) is 0 Å². The van der Waals surface area contributed by atoms with Crippen LogP contribution in [0.3, 0.4) is 0 Å². The van der Waals surface area contributed by atoms with Crippen molar-refractivity contribution in [3.8, 4) is 0 Å². The predicted molar refractivity (Wildman–Crippen MR) is 91.6 cm³/mol. The molecule has 0 aliphatic carbocycles. The molecule has 1 aromatic rings. The molecule has 3 nitrogen and oxygen atoms in total. The fraction of sp³-hybridized carbons (Fsp3) is 0.632. The predicted octanol–water partition coefficient (Wildman–Crippen LogP) is 3.90. The second kappa shape index (κ2) is 8.44. The van der Waals surface area contributed by atoms with Gasteiger partial charge < -0.3 is 10.2 Å². The number of nitrogens with one attached hydrogen (secondary N) is 1. The second-order valence-electron chi connectivity index (χ2n) is 6.86. The average molecular weight is 320 g/mol. The molecule has 1 aliphatic rings. The quantitative estimate of drug-likeness (QED) is 0.862. The van der Waals surface area contributed by atoms with Gasteiger partial charge in [-0.3, -0.25) is 4.79 Å². The molecule has 23 heavy (non-hydrogen) atoms. The summed E-state index contributed by atoms with van der Waals surface area (Å²) in [6.07, 6.45) is 3.60. The third-order valence-electron chi connectivity index (χ3n) is 4.87. The number of likely N-dealkylation sites (tertiary alicyclic amines) is 1. The zero-order valence-electron chi connectivity index (χ0n) is 14.5. The van der Waals surface area contributed by atoms with E-state index in [1.807, 2.05) is 6.92 Å². The molecule has 0 bridgehead atoms. The average Bonchev–Trinajstić information content (AvgIpc) is 2.54. The largest absolute Gasteiger partial charge is 0.349 e. The Morgan fingerprint density at radius 3 is 2.39 bits per heavy atom. The number of carbonyl (C=O) groups is 1. The number of benzene rings is 1. The molecule has 0 saturated carbocycles. The van der Waals surface area contributed by atoms with Crippen molar-refractivity contribution >= 4 is 5.91 Å². The Labute approximate surface area is 139 Å². The van der Waals surface area contributed by atoms with Gasteiger partial charge in [-0.1, -0.05) is 19.1 Å².